The van der Waals surface area contributed by atoms with Gasteiger partial charge in [-0.2, -0.15) is 0 Å². The van der Waals surface area contributed by atoms with E-state index in [0.717, 1.165) is 11.1 Å². The van der Waals surface area contributed by atoms with Crippen LogP contribution < -0.4 is 39.4 Å². The van der Waals surface area contributed by atoms with Gasteiger partial charge in [-0.1, -0.05) is 43.3 Å². The third-order valence-corrected chi connectivity index (χ3v) is 4.20. The number of nitrogens with zero attached hydrogens (tertiary/aromatic N) is 2. The Hall–Kier alpha value is -2.71. The molecule has 0 aliphatic heterocycles. The molecule has 3 aromatic carbocycles. The van der Waals surface area contributed by atoms with Gasteiger partial charge in [0.05, 0.1) is 11.5 Å². The topological polar surface area (TPSA) is 101 Å². The normalized spacial score (nSPS) is 10.0. The van der Waals surface area contributed by atoms with Crippen molar-refractivity contribution in [3.8, 4) is 28.3 Å². The van der Waals surface area contributed by atoms with E-state index >= 15 is 0 Å². The first-order valence-corrected chi connectivity index (χ1v) is 9.53. The van der Waals surface area contributed by atoms with Crippen LogP contribution in [0.15, 0.2) is 71.1 Å². The Morgan fingerprint density at radius 3 is 2.29 bits per heavy atom. The number of fused-ring (bicyclic) bond motifs is 1. The number of aromatic nitrogens is 1. The fourth-order valence-electron chi connectivity index (χ4n) is 2.93. The van der Waals surface area contributed by atoms with Crippen molar-refractivity contribution in [1.82, 2.24) is 4.98 Å². The van der Waals surface area contributed by atoms with E-state index in [-0.39, 0.29) is 47.6 Å². The van der Waals surface area contributed by atoms with E-state index in [1.165, 1.54) is 6.07 Å². The summed E-state index contributed by atoms with van der Waals surface area (Å²) >= 11 is 0. The number of nitro groups is 1. The second kappa shape index (κ2) is 11.6. The summed E-state index contributed by atoms with van der Waals surface area (Å²) in [6.45, 7) is 3.70. The minimum atomic E-state index is -0.468. The van der Waals surface area contributed by atoms with Gasteiger partial charge in [0, 0.05) is 11.6 Å². The molecule has 7 nitrogen and oxygen atoms in total. The Kier molecular flexibility index (Phi) is 9.21. The fourth-order valence-corrected chi connectivity index (χ4v) is 2.93. The Labute approximate surface area is 202 Å². The summed E-state index contributed by atoms with van der Waals surface area (Å²) < 4.78 is 11.1. The molecule has 31 heavy (non-hydrogen) atoms. The zero-order chi connectivity index (χ0) is 21.5. The molecule has 1 heterocycles. The zero-order valence-corrected chi connectivity index (χ0v) is 19.7. The third kappa shape index (κ3) is 5.92. The molecule has 0 N–H and O–H groups in total. The molecule has 0 radical (unpaired) electrons. The molecule has 1 aromatic heterocycles. The molecule has 8 heteroatoms. The smallest absolute Gasteiger partial charge is 0.855 e. The molecule has 0 saturated heterocycles. The van der Waals surface area contributed by atoms with Crippen LogP contribution in [0.3, 0.4) is 0 Å². The second-order valence-electron chi connectivity index (χ2n) is 6.23. The Morgan fingerprint density at radius 1 is 0.968 bits per heavy atom. The summed E-state index contributed by atoms with van der Waals surface area (Å²) in [5, 5.41) is 20.3. The predicted molar refractivity (Wildman–Crippen MR) is 113 cm³/mol. The molecular formula is C23H21N2NaO5. The average molecular weight is 428 g/mol. The minimum Gasteiger partial charge on any atom is -0.855 e. The van der Waals surface area contributed by atoms with Gasteiger partial charge >= 0.3 is 35.2 Å². The average Bonchev–Trinajstić information content (AvgIpc) is 3.18. The Morgan fingerprint density at radius 2 is 1.65 bits per heavy atom. The molecule has 0 fully saturated rings. The van der Waals surface area contributed by atoms with Crippen LogP contribution in [0.2, 0.25) is 0 Å². The van der Waals surface area contributed by atoms with Crippen LogP contribution in [-0.2, 0) is 0 Å². The van der Waals surface area contributed by atoms with Crippen LogP contribution >= 0.6 is 0 Å². The van der Waals surface area contributed by atoms with Crippen molar-refractivity contribution in [1.29, 1.82) is 0 Å². The number of benzene rings is 3. The van der Waals surface area contributed by atoms with Crippen molar-refractivity contribution in [2.75, 3.05) is 13.2 Å². The number of hydrogen-bond acceptors (Lipinski definition) is 6. The standard InChI is InChI=1S/C21H16N2O4.C2H5O.Na/c1-2-26-20-11-9-16(13-18(20)23(24)25)21-22-17-12-15(8-10-19(17)27-21)14-6-4-3-5-7-14;1-2-3;/h3-13H,2H2,1H3;2H2,1H3;/q;-1;+1. The number of rotatable bonds is 5. The largest absolute Gasteiger partial charge is 1.00 e. The summed E-state index contributed by atoms with van der Waals surface area (Å²) in [7, 11) is 0. The maximum atomic E-state index is 11.3. The molecular weight excluding hydrogens is 407 g/mol. The summed E-state index contributed by atoms with van der Waals surface area (Å²) in [5.41, 5.74) is 3.86. The summed E-state index contributed by atoms with van der Waals surface area (Å²) in [4.78, 5) is 15.4. The van der Waals surface area contributed by atoms with Crippen molar-refractivity contribution in [2.24, 2.45) is 0 Å². The van der Waals surface area contributed by atoms with Gasteiger partial charge in [0.25, 0.3) is 0 Å². The first-order valence-electron chi connectivity index (χ1n) is 9.53. The van der Waals surface area contributed by atoms with Crippen molar-refractivity contribution in [3.05, 3.63) is 76.8 Å². The molecule has 0 spiro atoms. The monoisotopic (exact) mass is 428 g/mol. The van der Waals surface area contributed by atoms with Crippen LogP contribution in [0.25, 0.3) is 33.7 Å². The number of oxazole rings is 1. The molecule has 0 aliphatic carbocycles. The molecule has 0 saturated carbocycles. The van der Waals surface area contributed by atoms with Gasteiger partial charge in [-0.3, -0.25) is 10.1 Å². The van der Waals surface area contributed by atoms with Crippen molar-refractivity contribution >= 4 is 16.8 Å². The zero-order valence-electron chi connectivity index (χ0n) is 17.7. The first kappa shape index (κ1) is 24.6. The van der Waals surface area contributed by atoms with Gasteiger partial charge in [-0.05, 0) is 42.3 Å². The molecule has 154 valence electrons. The molecule has 0 unspecified atom stereocenters. The van der Waals surface area contributed by atoms with E-state index in [1.54, 1.807) is 26.0 Å². The molecule has 0 bridgehead atoms. The van der Waals surface area contributed by atoms with Gasteiger partial charge in [0.15, 0.2) is 11.3 Å². The van der Waals surface area contributed by atoms with Crippen molar-refractivity contribution < 1.29 is 48.7 Å². The maximum Gasteiger partial charge on any atom is 1.00 e. The Bertz CT molecular complexity index is 1150. The second-order valence-corrected chi connectivity index (χ2v) is 6.23. The first-order chi connectivity index (χ1) is 14.6. The molecule has 4 rings (SSSR count). The van der Waals surface area contributed by atoms with E-state index in [4.69, 9.17) is 14.3 Å². The van der Waals surface area contributed by atoms with E-state index in [1.807, 2.05) is 48.5 Å². The van der Waals surface area contributed by atoms with Crippen molar-refractivity contribution in [3.63, 3.8) is 0 Å². The maximum absolute atomic E-state index is 11.3. The van der Waals surface area contributed by atoms with Gasteiger partial charge in [0.2, 0.25) is 5.89 Å². The van der Waals surface area contributed by atoms with Gasteiger partial charge < -0.3 is 14.3 Å². The molecule has 0 aliphatic rings. The molecule has 0 atom stereocenters. The van der Waals surface area contributed by atoms with Crippen LogP contribution in [0.1, 0.15) is 13.8 Å². The number of ether oxygens (including phenoxy) is 1. The van der Waals surface area contributed by atoms with E-state index in [9.17, 15) is 10.1 Å². The molecule has 0 amide bonds. The van der Waals surface area contributed by atoms with Crippen LogP contribution in [0.4, 0.5) is 5.69 Å². The van der Waals surface area contributed by atoms with Crippen LogP contribution in [0, 0.1) is 10.1 Å². The SMILES string of the molecule is CCOc1ccc(-c2nc3cc(-c4ccccc4)ccc3o2)cc1[N+](=O)[O-].CC[O-].[Na+]. The summed E-state index contributed by atoms with van der Waals surface area (Å²) in [5.74, 6) is 0.565. The number of nitro benzene ring substituents is 1. The van der Waals surface area contributed by atoms with E-state index < -0.39 is 4.92 Å². The fraction of sp³-hybridized carbons (Fsp3) is 0.174. The summed E-state index contributed by atoms with van der Waals surface area (Å²) in [6.07, 6.45) is 0. The number of hydrogen-bond donors (Lipinski definition) is 0. The van der Waals surface area contributed by atoms with Crippen molar-refractivity contribution in [2.45, 2.75) is 13.8 Å². The van der Waals surface area contributed by atoms with E-state index in [2.05, 4.69) is 4.98 Å². The van der Waals surface area contributed by atoms with Gasteiger partial charge in [0.1, 0.15) is 5.52 Å². The quantitative estimate of drug-likeness (QED) is 0.273. The minimum absolute atomic E-state index is 0. The summed E-state index contributed by atoms with van der Waals surface area (Å²) in [6, 6.07) is 20.4. The third-order valence-electron chi connectivity index (χ3n) is 4.20. The van der Waals surface area contributed by atoms with Gasteiger partial charge in [-0.25, -0.2) is 4.98 Å². The Balaban J connectivity index is 0.000000808. The van der Waals surface area contributed by atoms with Crippen LogP contribution in [0.5, 0.6) is 5.75 Å². The van der Waals surface area contributed by atoms with Crippen LogP contribution in [-0.4, -0.2) is 23.1 Å². The predicted octanol–water partition coefficient (Wildman–Crippen LogP) is 1.84. The molecule has 4 aromatic rings. The van der Waals surface area contributed by atoms with E-state index in [0.29, 0.717) is 29.2 Å². The van der Waals surface area contributed by atoms with Gasteiger partial charge in [-0.15, -0.1) is 6.61 Å².